The van der Waals surface area contributed by atoms with Crippen LogP contribution in [0, 0.1) is 0 Å². The second-order valence-corrected chi connectivity index (χ2v) is 7.33. The lowest BCUT2D eigenvalue weighted by molar-refractivity contribution is 0.0916. The maximum atomic E-state index is 12.4. The van der Waals surface area contributed by atoms with Crippen molar-refractivity contribution in [2.24, 2.45) is 0 Å². The largest absolute Gasteiger partial charge is 0.472 e. The second kappa shape index (κ2) is 8.04. The molecule has 152 valence electrons. The van der Waals surface area contributed by atoms with Crippen LogP contribution in [-0.2, 0) is 19.6 Å². The SMILES string of the molecule is O=C(NCc1ccccn1)c1ccc(CN2CCn3cccc3C2c2ccoc2)o1. The molecular formula is C23H22N4O3. The minimum Gasteiger partial charge on any atom is -0.472 e. The molecule has 5 rings (SSSR count). The highest BCUT2D eigenvalue weighted by Crippen LogP contribution is 2.33. The summed E-state index contributed by atoms with van der Waals surface area (Å²) >= 11 is 0. The first-order valence-corrected chi connectivity index (χ1v) is 9.96. The van der Waals surface area contributed by atoms with Crippen LogP contribution in [0.2, 0.25) is 0 Å². The van der Waals surface area contributed by atoms with Crippen molar-refractivity contribution in [3.05, 3.63) is 102 Å². The van der Waals surface area contributed by atoms with Gasteiger partial charge in [0.05, 0.1) is 37.4 Å². The Morgan fingerprint density at radius 2 is 2.10 bits per heavy atom. The van der Waals surface area contributed by atoms with Crippen molar-refractivity contribution < 1.29 is 13.6 Å². The minimum absolute atomic E-state index is 0.0824. The van der Waals surface area contributed by atoms with Crippen LogP contribution < -0.4 is 5.32 Å². The van der Waals surface area contributed by atoms with Gasteiger partial charge >= 0.3 is 0 Å². The number of hydrogen-bond acceptors (Lipinski definition) is 5. The molecule has 1 atom stereocenters. The maximum absolute atomic E-state index is 12.4. The normalized spacial score (nSPS) is 16.3. The molecular weight excluding hydrogens is 380 g/mol. The van der Waals surface area contributed by atoms with Crippen molar-refractivity contribution in [1.29, 1.82) is 0 Å². The molecule has 1 aliphatic heterocycles. The van der Waals surface area contributed by atoms with Crippen LogP contribution in [0.25, 0.3) is 0 Å². The number of fused-ring (bicyclic) bond motifs is 1. The molecule has 0 aromatic carbocycles. The van der Waals surface area contributed by atoms with Crippen molar-refractivity contribution in [3.63, 3.8) is 0 Å². The fourth-order valence-corrected chi connectivity index (χ4v) is 3.96. The second-order valence-electron chi connectivity index (χ2n) is 7.33. The van der Waals surface area contributed by atoms with Gasteiger partial charge in [0.1, 0.15) is 5.76 Å². The molecule has 0 radical (unpaired) electrons. The number of hydrogen-bond donors (Lipinski definition) is 1. The van der Waals surface area contributed by atoms with E-state index < -0.39 is 0 Å². The van der Waals surface area contributed by atoms with E-state index in [-0.39, 0.29) is 11.9 Å². The van der Waals surface area contributed by atoms with E-state index in [0.717, 1.165) is 30.1 Å². The van der Waals surface area contributed by atoms with E-state index in [4.69, 9.17) is 8.83 Å². The fraction of sp³-hybridized carbons (Fsp3) is 0.217. The number of carbonyl (C=O) groups excluding carboxylic acids is 1. The van der Waals surface area contributed by atoms with Crippen molar-refractivity contribution in [2.75, 3.05) is 6.54 Å². The van der Waals surface area contributed by atoms with Gasteiger partial charge in [-0.05, 0) is 42.5 Å². The molecule has 5 heterocycles. The zero-order valence-corrected chi connectivity index (χ0v) is 16.4. The van der Waals surface area contributed by atoms with Gasteiger partial charge in [-0.1, -0.05) is 6.07 Å². The lowest BCUT2D eigenvalue weighted by Crippen LogP contribution is -2.37. The lowest BCUT2D eigenvalue weighted by atomic mass is 10.0. The molecule has 0 bridgehead atoms. The van der Waals surface area contributed by atoms with E-state index in [1.165, 1.54) is 5.69 Å². The van der Waals surface area contributed by atoms with Crippen molar-refractivity contribution in [3.8, 4) is 0 Å². The van der Waals surface area contributed by atoms with Crippen LogP contribution in [0.3, 0.4) is 0 Å². The molecule has 0 aliphatic carbocycles. The molecule has 1 amide bonds. The van der Waals surface area contributed by atoms with Gasteiger partial charge in [-0.3, -0.25) is 14.7 Å². The van der Waals surface area contributed by atoms with E-state index >= 15 is 0 Å². The Morgan fingerprint density at radius 1 is 1.13 bits per heavy atom. The Morgan fingerprint density at radius 3 is 2.93 bits per heavy atom. The first kappa shape index (κ1) is 18.4. The standard InChI is InChI=1S/C23H22N4O3/c28-23(25-14-18-4-1-2-9-24-18)21-7-6-19(30-21)15-27-12-11-26-10-3-5-20(26)22(27)17-8-13-29-16-17/h1-10,13,16,22H,11-12,14-15H2,(H,25,28). The number of nitrogens with one attached hydrogen (secondary N) is 1. The predicted molar refractivity (Wildman–Crippen MR) is 110 cm³/mol. The van der Waals surface area contributed by atoms with Gasteiger partial charge in [0.2, 0.25) is 0 Å². The monoisotopic (exact) mass is 402 g/mol. The smallest absolute Gasteiger partial charge is 0.287 e. The first-order valence-electron chi connectivity index (χ1n) is 9.96. The number of pyridine rings is 1. The summed E-state index contributed by atoms with van der Waals surface area (Å²) in [5.74, 6) is 0.818. The molecule has 4 aromatic heterocycles. The van der Waals surface area contributed by atoms with Gasteiger partial charge in [-0.15, -0.1) is 0 Å². The Bertz CT molecular complexity index is 1110. The van der Waals surface area contributed by atoms with Crippen molar-refractivity contribution in [1.82, 2.24) is 19.8 Å². The van der Waals surface area contributed by atoms with Gasteiger partial charge in [0.25, 0.3) is 5.91 Å². The van der Waals surface area contributed by atoms with E-state index in [9.17, 15) is 4.79 Å². The molecule has 0 spiro atoms. The fourth-order valence-electron chi connectivity index (χ4n) is 3.96. The Balaban J connectivity index is 1.29. The van der Waals surface area contributed by atoms with E-state index in [1.54, 1.807) is 24.8 Å². The van der Waals surface area contributed by atoms with Gasteiger partial charge in [0.15, 0.2) is 5.76 Å². The molecule has 1 aliphatic rings. The Kier molecular flexibility index (Phi) is 4.94. The van der Waals surface area contributed by atoms with Crippen LogP contribution >= 0.6 is 0 Å². The summed E-state index contributed by atoms with van der Waals surface area (Å²) in [5.41, 5.74) is 3.13. The predicted octanol–water partition coefficient (Wildman–Crippen LogP) is 3.60. The van der Waals surface area contributed by atoms with Crippen LogP contribution in [-0.4, -0.2) is 26.9 Å². The van der Waals surface area contributed by atoms with Gasteiger partial charge < -0.3 is 18.7 Å². The van der Waals surface area contributed by atoms with Crippen LogP contribution in [0.15, 0.2) is 82.3 Å². The third-order valence-electron chi connectivity index (χ3n) is 5.40. The molecule has 7 heteroatoms. The summed E-state index contributed by atoms with van der Waals surface area (Å²) in [7, 11) is 0. The Hall–Kier alpha value is -3.58. The summed E-state index contributed by atoms with van der Waals surface area (Å²) in [4.78, 5) is 19.0. The summed E-state index contributed by atoms with van der Waals surface area (Å²) in [5, 5.41) is 2.85. The summed E-state index contributed by atoms with van der Waals surface area (Å²) in [6.45, 7) is 2.75. The van der Waals surface area contributed by atoms with E-state index in [2.05, 4.69) is 38.1 Å². The number of aromatic nitrogens is 2. The number of amides is 1. The number of carbonyl (C=O) groups is 1. The van der Waals surface area contributed by atoms with Crippen LogP contribution in [0.4, 0.5) is 0 Å². The summed E-state index contributed by atoms with van der Waals surface area (Å²) in [6, 6.07) is 15.5. The average molecular weight is 402 g/mol. The van der Waals surface area contributed by atoms with Gasteiger partial charge in [-0.2, -0.15) is 0 Å². The first-order chi connectivity index (χ1) is 14.8. The molecule has 0 fully saturated rings. The zero-order chi connectivity index (χ0) is 20.3. The number of furan rings is 2. The van der Waals surface area contributed by atoms with Crippen molar-refractivity contribution in [2.45, 2.75) is 25.7 Å². The van der Waals surface area contributed by atoms with Crippen molar-refractivity contribution >= 4 is 5.91 Å². The highest BCUT2D eigenvalue weighted by Gasteiger charge is 2.30. The third-order valence-corrected chi connectivity index (χ3v) is 5.40. The lowest BCUT2D eigenvalue weighted by Gasteiger charge is -2.36. The van der Waals surface area contributed by atoms with E-state index in [0.29, 0.717) is 18.8 Å². The molecule has 1 unspecified atom stereocenters. The quantitative estimate of drug-likeness (QED) is 0.533. The molecule has 1 N–H and O–H groups in total. The highest BCUT2D eigenvalue weighted by atomic mass is 16.4. The number of rotatable bonds is 6. The van der Waals surface area contributed by atoms with Crippen LogP contribution in [0.1, 0.15) is 39.3 Å². The molecule has 30 heavy (non-hydrogen) atoms. The average Bonchev–Trinajstić information content (AvgIpc) is 3.54. The highest BCUT2D eigenvalue weighted by molar-refractivity contribution is 5.91. The zero-order valence-electron chi connectivity index (χ0n) is 16.4. The minimum atomic E-state index is -0.245. The van der Waals surface area contributed by atoms with Gasteiger partial charge in [-0.25, -0.2) is 0 Å². The van der Waals surface area contributed by atoms with Crippen LogP contribution in [0.5, 0.6) is 0 Å². The maximum Gasteiger partial charge on any atom is 0.287 e. The number of nitrogens with zero attached hydrogens (tertiary/aromatic N) is 3. The van der Waals surface area contributed by atoms with E-state index in [1.807, 2.05) is 30.3 Å². The molecule has 0 saturated carbocycles. The molecule has 4 aromatic rings. The molecule has 7 nitrogen and oxygen atoms in total. The summed E-state index contributed by atoms with van der Waals surface area (Å²) < 4.78 is 13.5. The summed E-state index contributed by atoms with van der Waals surface area (Å²) in [6.07, 6.45) is 7.31. The third kappa shape index (κ3) is 3.67. The Labute approximate surface area is 173 Å². The topological polar surface area (TPSA) is 76.4 Å². The van der Waals surface area contributed by atoms with Gasteiger partial charge in [0, 0.05) is 36.7 Å². The molecule has 0 saturated heterocycles.